The normalized spacial score (nSPS) is 16.7. The van der Waals surface area contributed by atoms with Crippen LogP contribution in [0, 0.1) is 22.5 Å². The highest BCUT2D eigenvalue weighted by Gasteiger charge is 2.45. The Hall–Kier alpha value is -2.02. The van der Waals surface area contributed by atoms with Crippen molar-refractivity contribution >= 4 is 5.69 Å². The van der Waals surface area contributed by atoms with Crippen molar-refractivity contribution in [3.05, 3.63) is 33.9 Å². The van der Waals surface area contributed by atoms with E-state index in [2.05, 4.69) is 5.92 Å². The van der Waals surface area contributed by atoms with Crippen molar-refractivity contribution in [1.29, 1.82) is 0 Å². The van der Waals surface area contributed by atoms with Crippen LogP contribution in [-0.2, 0) is 5.41 Å². The quantitative estimate of drug-likeness (QED) is 0.454. The number of benzene rings is 1. The van der Waals surface area contributed by atoms with Crippen LogP contribution in [0.1, 0.15) is 18.4 Å². The maximum Gasteiger partial charge on any atom is 0.270 e. The van der Waals surface area contributed by atoms with Crippen LogP contribution in [0.5, 0.6) is 5.75 Å². The lowest BCUT2D eigenvalue weighted by Crippen LogP contribution is -2.03. The smallest absolute Gasteiger partial charge is 0.270 e. The molecule has 1 N–H and O–H groups in total. The highest BCUT2D eigenvalue weighted by atomic mass is 16.6. The van der Waals surface area contributed by atoms with Gasteiger partial charge in [-0.1, -0.05) is 5.92 Å². The molecular formula is C11H9NO3. The van der Waals surface area contributed by atoms with E-state index in [1.165, 1.54) is 18.2 Å². The molecule has 0 amide bonds. The van der Waals surface area contributed by atoms with Crippen LogP contribution in [0.2, 0.25) is 0 Å². The molecule has 0 radical (unpaired) electrons. The molecule has 0 aliphatic heterocycles. The third kappa shape index (κ3) is 1.42. The second-order valence-corrected chi connectivity index (χ2v) is 3.69. The van der Waals surface area contributed by atoms with Gasteiger partial charge in [-0.2, -0.15) is 0 Å². The third-order valence-electron chi connectivity index (χ3n) is 2.73. The second-order valence-electron chi connectivity index (χ2n) is 3.69. The van der Waals surface area contributed by atoms with E-state index in [9.17, 15) is 15.2 Å². The van der Waals surface area contributed by atoms with Crippen LogP contribution < -0.4 is 0 Å². The first-order valence-electron chi connectivity index (χ1n) is 4.55. The molecule has 76 valence electrons. The Balaban J connectivity index is 2.52. The number of terminal acetylenes is 1. The zero-order chi connectivity index (χ0) is 11.1. The fourth-order valence-corrected chi connectivity index (χ4v) is 1.64. The zero-order valence-electron chi connectivity index (χ0n) is 7.93. The molecule has 1 aromatic rings. The van der Waals surface area contributed by atoms with Crippen molar-refractivity contribution in [1.82, 2.24) is 0 Å². The van der Waals surface area contributed by atoms with Gasteiger partial charge in [0.25, 0.3) is 5.69 Å². The number of aromatic hydroxyl groups is 1. The molecule has 0 unspecified atom stereocenters. The molecule has 4 heteroatoms. The number of hydrogen-bond donors (Lipinski definition) is 1. The van der Waals surface area contributed by atoms with E-state index >= 15 is 0 Å². The molecule has 0 atom stereocenters. The van der Waals surface area contributed by atoms with Crippen LogP contribution in [0.15, 0.2) is 18.2 Å². The molecule has 15 heavy (non-hydrogen) atoms. The van der Waals surface area contributed by atoms with Gasteiger partial charge in [0.1, 0.15) is 5.75 Å². The van der Waals surface area contributed by atoms with Crippen molar-refractivity contribution in [3.63, 3.8) is 0 Å². The van der Waals surface area contributed by atoms with E-state index in [-0.39, 0.29) is 11.4 Å². The zero-order valence-corrected chi connectivity index (χ0v) is 7.93. The predicted molar refractivity (Wildman–Crippen MR) is 54.5 cm³/mol. The summed E-state index contributed by atoms with van der Waals surface area (Å²) in [6.07, 6.45) is 6.92. The maximum absolute atomic E-state index is 10.6. The van der Waals surface area contributed by atoms with Crippen LogP contribution >= 0.6 is 0 Å². The van der Waals surface area contributed by atoms with Crippen LogP contribution in [0.3, 0.4) is 0 Å². The SMILES string of the molecule is C#CC1(c2cc([N+](=O)[O-])ccc2O)CC1. The minimum absolute atomic E-state index is 0.0377. The molecule has 1 aromatic carbocycles. The number of hydrogen-bond acceptors (Lipinski definition) is 3. The van der Waals surface area contributed by atoms with Gasteiger partial charge >= 0.3 is 0 Å². The molecule has 0 spiro atoms. The first-order valence-corrected chi connectivity index (χ1v) is 4.55. The Kier molecular flexibility index (Phi) is 1.90. The first kappa shape index (κ1) is 9.53. The Labute approximate surface area is 86.7 Å². The number of nitrogens with zero attached hydrogens (tertiary/aromatic N) is 1. The number of nitro benzene ring substituents is 1. The van der Waals surface area contributed by atoms with Crippen LogP contribution in [-0.4, -0.2) is 10.0 Å². The largest absolute Gasteiger partial charge is 0.508 e. The lowest BCUT2D eigenvalue weighted by molar-refractivity contribution is -0.385. The minimum Gasteiger partial charge on any atom is -0.508 e. The molecule has 1 saturated carbocycles. The molecule has 0 bridgehead atoms. The van der Waals surface area contributed by atoms with E-state index in [4.69, 9.17) is 6.42 Å². The molecule has 1 fully saturated rings. The molecule has 1 aliphatic carbocycles. The molecule has 1 aliphatic rings. The fourth-order valence-electron chi connectivity index (χ4n) is 1.64. The lowest BCUT2D eigenvalue weighted by Gasteiger charge is -2.09. The maximum atomic E-state index is 10.6. The average molecular weight is 203 g/mol. The molecule has 0 heterocycles. The molecule has 0 aromatic heterocycles. The Morgan fingerprint density at radius 3 is 2.67 bits per heavy atom. The van der Waals surface area contributed by atoms with Gasteiger partial charge in [-0.25, -0.2) is 0 Å². The summed E-state index contributed by atoms with van der Waals surface area (Å²) < 4.78 is 0. The Bertz CT molecular complexity index is 469. The summed E-state index contributed by atoms with van der Waals surface area (Å²) in [6.45, 7) is 0. The first-order chi connectivity index (χ1) is 7.09. The molecule has 0 saturated heterocycles. The monoisotopic (exact) mass is 203 g/mol. The number of nitro groups is 1. The van der Waals surface area contributed by atoms with E-state index in [0.29, 0.717) is 5.56 Å². The van der Waals surface area contributed by atoms with Gasteiger partial charge in [-0.05, 0) is 18.9 Å². The van der Waals surface area contributed by atoms with Crippen molar-refractivity contribution in [2.24, 2.45) is 0 Å². The highest BCUT2D eigenvalue weighted by Crippen LogP contribution is 2.51. The second kappa shape index (κ2) is 2.99. The topological polar surface area (TPSA) is 63.4 Å². The summed E-state index contributed by atoms with van der Waals surface area (Å²) in [4.78, 5) is 10.1. The van der Waals surface area contributed by atoms with Crippen molar-refractivity contribution < 1.29 is 10.0 Å². The summed E-state index contributed by atoms with van der Waals surface area (Å²) in [5, 5.41) is 20.2. The van der Waals surface area contributed by atoms with E-state index in [1.807, 2.05) is 0 Å². The summed E-state index contributed by atoms with van der Waals surface area (Å²) in [5.74, 6) is 2.63. The Morgan fingerprint density at radius 2 is 2.20 bits per heavy atom. The number of phenolic OH excluding ortho intramolecular Hbond substituents is 1. The average Bonchev–Trinajstić information content (AvgIpc) is 2.99. The third-order valence-corrected chi connectivity index (χ3v) is 2.73. The Morgan fingerprint density at radius 1 is 1.53 bits per heavy atom. The predicted octanol–water partition coefficient (Wildman–Crippen LogP) is 1.97. The number of non-ortho nitro benzene ring substituents is 1. The van der Waals surface area contributed by atoms with Crippen LogP contribution in [0.25, 0.3) is 0 Å². The van der Waals surface area contributed by atoms with Crippen LogP contribution in [0.4, 0.5) is 5.69 Å². The lowest BCUT2D eigenvalue weighted by atomic mass is 9.95. The van der Waals surface area contributed by atoms with Crippen molar-refractivity contribution in [2.75, 3.05) is 0 Å². The van der Waals surface area contributed by atoms with E-state index in [1.54, 1.807) is 0 Å². The van der Waals surface area contributed by atoms with E-state index in [0.717, 1.165) is 12.8 Å². The minimum atomic E-state index is -0.491. The molecule has 2 rings (SSSR count). The van der Waals surface area contributed by atoms with Gasteiger partial charge in [0.15, 0.2) is 0 Å². The summed E-state index contributed by atoms with van der Waals surface area (Å²) in [7, 11) is 0. The van der Waals surface area contributed by atoms with E-state index < -0.39 is 10.3 Å². The molecule has 4 nitrogen and oxygen atoms in total. The van der Waals surface area contributed by atoms with Gasteiger partial charge in [0.05, 0.1) is 10.3 Å². The summed E-state index contributed by atoms with van der Waals surface area (Å²) >= 11 is 0. The summed E-state index contributed by atoms with van der Waals surface area (Å²) in [6, 6.07) is 3.96. The van der Waals surface area contributed by atoms with Gasteiger partial charge in [-0.3, -0.25) is 10.1 Å². The van der Waals surface area contributed by atoms with Gasteiger partial charge in [0, 0.05) is 17.7 Å². The van der Waals surface area contributed by atoms with Gasteiger partial charge < -0.3 is 5.11 Å². The highest BCUT2D eigenvalue weighted by molar-refractivity contribution is 5.53. The molecular weight excluding hydrogens is 194 g/mol. The van der Waals surface area contributed by atoms with Crippen molar-refractivity contribution in [2.45, 2.75) is 18.3 Å². The fraction of sp³-hybridized carbons (Fsp3) is 0.273. The van der Waals surface area contributed by atoms with Gasteiger partial charge in [0.2, 0.25) is 0 Å². The number of rotatable bonds is 2. The number of phenols is 1. The standard InChI is InChI=1S/C11H9NO3/c1-2-11(5-6-11)9-7-8(12(14)15)3-4-10(9)13/h1,3-4,7,13H,5-6H2. The van der Waals surface area contributed by atoms with Gasteiger partial charge in [-0.15, -0.1) is 6.42 Å². The summed E-state index contributed by atoms with van der Waals surface area (Å²) in [5.41, 5.74) is -0.0145. The van der Waals surface area contributed by atoms with Crippen molar-refractivity contribution in [3.8, 4) is 18.1 Å².